The normalized spacial score (nSPS) is 11.9. The molecule has 0 aliphatic carbocycles. The topological polar surface area (TPSA) is 21.3 Å². The Morgan fingerprint density at radius 2 is 1.04 bits per heavy atom. The lowest BCUT2D eigenvalue weighted by molar-refractivity contribution is 0.669. The van der Waals surface area contributed by atoms with Crippen LogP contribution in [0.2, 0.25) is 0 Å². The van der Waals surface area contributed by atoms with E-state index >= 15 is 0 Å². The Balaban J connectivity index is 1.32. The Hall–Kier alpha value is -6.84. The van der Waals surface area contributed by atoms with Gasteiger partial charge in [0.25, 0.3) is 0 Å². The van der Waals surface area contributed by atoms with Crippen LogP contribution < -0.4 is 4.90 Å². The fourth-order valence-corrected chi connectivity index (χ4v) is 8.34. The number of para-hydroxylation sites is 3. The molecule has 0 bridgehead atoms. The lowest BCUT2D eigenvalue weighted by atomic mass is 9.94. The molecule has 3 heteroatoms. The van der Waals surface area contributed by atoms with E-state index in [1.165, 1.54) is 48.6 Å². The highest BCUT2D eigenvalue weighted by molar-refractivity contribution is 6.25. The van der Waals surface area contributed by atoms with Crippen LogP contribution in [0, 0.1) is 0 Å². The van der Waals surface area contributed by atoms with Crippen molar-refractivity contribution in [3.05, 3.63) is 182 Å². The van der Waals surface area contributed by atoms with Crippen molar-refractivity contribution in [1.29, 1.82) is 0 Å². The molecule has 0 spiro atoms. The first-order chi connectivity index (χ1) is 25.3. The molecule has 11 rings (SSSR count). The van der Waals surface area contributed by atoms with E-state index in [9.17, 15) is 0 Å². The van der Waals surface area contributed by atoms with E-state index in [2.05, 4.69) is 185 Å². The van der Waals surface area contributed by atoms with Crippen LogP contribution in [0.4, 0.5) is 17.1 Å². The second kappa shape index (κ2) is 10.8. The summed E-state index contributed by atoms with van der Waals surface area (Å²) >= 11 is 0. The highest BCUT2D eigenvalue weighted by Gasteiger charge is 2.24. The summed E-state index contributed by atoms with van der Waals surface area (Å²) in [6, 6.07) is 65.6. The van der Waals surface area contributed by atoms with Gasteiger partial charge in [-0.25, -0.2) is 0 Å². The fourth-order valence-electron chi connectivity index (χ4n) is 8.34. The Morgan fingerprint density at radius 3 is 1.92 bits per heavy atom. The van der Waals surface area contributed by atoms with Crippen LogP contribution in [-0.4, -0.2) is 4.57 Å². The molecule has 9 aromatic carbocycles. The van der Waals surface area contributed by atoms with Crippen LogP contribution in [0.15, 0.2) is 186 Å². The van der Waals surface area contributed by atoms with Gasteiger partial charge in [-0.2, -0.15) is 0 Å². The van der Waals surface area contributed by atoms with Gasteiger partial charge in [-0.15, -0.1) is 0 Å². The Kier molecular flexibility index (Phi) is 5.96. The summed E-state index contributed by atoms with van der Waals surface area (Å²) in [7, 11) is 0. The van der Waals surface area contributed by atoms with Crippen molar-refractivity contribution < 1.29 is 4.42 Å². The van der Waals surface area contributed by atoms with E-state index in [1.54, 1.807) is 0 Å². The lowest BCUT2D eigenvalue weighted by Gasteiger charge is -2.29. The molecule has 3 nitrogen and oxygen atoms in total. The second-order valence-corrected chi connectivity index (χ2v) is 13.3. The van der Waals surface area contributed by atoms with Gasteiger partial charge < -0.3 is 13.9 Å². The van der Waals surface area contributed by atoms with Crippen LogP contribution in [0.3, 0.4) is 0 Å². The van der Waals surface area contributed by atoms with Gasteiger partial charge in [0.1, 0.15) is 11.2 Å². The molecule has 0 aliphatic heterocycles. The Labute approximate surface area is 293 Å². The molecule has 11 aromatic rings. The van der Waals surface area contributed by atoms with E-state index in [0.717, 1.165) is 50.2 Å². The van der Waals surface area contributed by atoms with E-state index in [-0.39, 0.29) is 0 Å². The van der Waals surface area contributed by atoms with Gasteiger partial charge in [0.2, 0.25) is 0 Å². The SMILES string of the molecule is c1ccc(-n2c3ccccc3c3ccc(N(c4cccc5oc6ccccc6c45)c4cc5ccccc5c5ccc6ccccc6c45)cc32)cc1. The third-order valence-corrected chi connectivity index (χ3v) is 10.5. The highest BCUT2D eigenvalue weighted by atomic mass is 16.3. The summed E-state index contributed by atoms with van der Waals surface area (Å²) in [5.74, 6) is 0. The molecule has 0 amide bonds. The number of hydrogen-bond acceptors (Lipinski definition) is 2. The number of furan rings is 1. The van der Waals surface area contributed by atoms with Gasteiger partial charge in [-0.05, 0) is 81.5 Å². The van der Waals surface area contributed by atoms with Crippen molar-refractivity contribution in [1.82, 2.24) is 4.57 Å². The van der Waals surface area contributed by atoms with Crippen LogP contribution in [0.25, 0.3) is 81.7 Å². The molecule has 0 atom stereocenters. The van der Waals surface area contributed by atoms with Gasteiger partial charge in [0.15, 0.2) is 0 Å². The van der Waals surface area contributed by atoms with Gasteiger partial charge in [0, 0.05) is 32.9 Å². The minimum atomic E-state index is 0.869. The summed E-state index contributed by atoms with van der Waals surface area (Å²) < 4.78 is 8.90. The van der Waals surface area contributed by atoms with Crippen molar-refractivity contribution in [2.45, 2.75) is 0 Å². The summed E-state index contributed by atoms with van der Waals surface area (Å²) in [5, 5.41) is 12.0. The fraction of sp³-hybridized carbons (Fsp3) is 0. The van der Waals surface area contributed by atoms with Crippen molar-refractivity contribution >= 4 is 93.1 Å². The third kappa shape index (κ3) is 4.12. The van der Waals surface area contributed by atoms with E-state index in [1.807, 2.05) is 6.07 Å². The molecular formula is C48H30N2O. The van der Waals surface area contributed by atoms with Gasteiger partial charge in [0.05, 0.1) is 27.8 Å². The third-order valence-electron chi connectivity index (χ3n) is 10.5. The number of nitrogens with zero attached hydrogens (tertiary/aromatic N) is 2. The maximum atomic E-state index is 6.50. The molecule has 0 saturated heterocycles. The zero-order valence-corrected chi connectivity index (χ0v) is 27.6. The standard InChI is InChI=1S/C48H30N2O/c1-2-15-33(16-3-1)49-41-21-10-8-19-37(41)38-28-26-34(30-43(38)49)50(42-22-12-24-46-48(42)40-20-9-11-23-45(40)51-46)44-29-32-14-5-6-17-35(32)39-27-25-31-13-4-7-18-36(31)47(39)44/h1-30H. The minimum Gasteiger partial charge on any atom is -0.456 e. The van der Waals surface area contributed by atoms with Crippen molar-refractivity contribution in [3.63, 3.8) is 0 Å². The lowest BCUT2D eigenvalue weighted by Crippen LogP contribution is -2.11. The van der Waals surface area contributed by atoms with Crippen molar-refractivity contribution in [2.75, 3.05) is 4.90 Å². The zero-order chi connectivity index (χ0) is 33.5. The van der Waals surface area contributed by atoms with E-state index in [0.29, 0.717) is 0 Å². The summed E-state index contributed by atoms with van der Waals surface area (Å²) in [6.07, 6.45) is 0. The number of hydrogen-bond donors (Lipinski definition) is 0. The molecule has 51 heavy (non-hydrogen) atoms. The molecule has 0 aliphatic rings. The predicted octanol–water partition coefficient (Wildman–Crippen LogP) is 13.6. The molecule has 2 aromatic heterocycles. The first kappa shape index (κ1) is 28.0. The molecular weight excluding hydrogens is 621 g/mol. The second-order valence-electron chi connectivity index (χ2n) is 13.3. The maximum Gasteiger partial charge on any atom is 0.137 e. The molecule has 0 radical (unpaired) electrons. The maximum absolute atomic E-state index is 6.50. The Bertz CT molecular complexity index is 3150. The number of anilines is 3. The summed E-state index contributed by atoms with van der Waals surface area (Å²) in [4.78, 5) is 2.47. The number of benzene rings is 9. The predicted molar refractivity (Wildman–Crippen MR) is 215 cm³/mol. The minimum absolute atomic E-state index is 0.869. The highest BCUT2D eigenvalue weighted by Crippen LogP contribution is 2.49. The molecule has 2 heterocycles. The quantitative estimate of drug-likeness (QED) is 0.177. The Morgan fingerprint density at radius 1 is 0.373 bits per heavy atom. The van der Waals surface area contributed by atoms with Gasteiger partial charge >= 0.3 is 0 Å². The average Bonchev–Trinajstić information content (AvgIpc) is 3.74. The molecule has 238 valence electrons. The van der Waals surface area contributed by atoms with E-state index in [4.69, 9.17) is 4.42 Å². The molecule has 0 fully saturated rings. The largest absolute Gasteiger partial charge is 0.456 e. The average molecular weight is 651 g/mol. The zero-order valence-electron chi connectivity index (χ0n) is 27.6. The van der Waals surface area contributed by atoms with Crippen molar-refractivity contribution in [2.24, 2.45) is 0 Å². The monoisotopic (exact) mass is 650 g/mol. The van der Waals surface area contributed by atoms with Crippen LogP contribution in [0.5, 0.6) is 0 Å². The van der Waals surface area contributed by atoms with Crippen molar-refractivity contribution in [3.8, 4) is 5.69 Å². The summed E-state index contributed by atoms with van der Waals surface area (Å²) in [6.45, 7) is 0. The first-order valence-corrected chi connectivity index (χ1v) is 17.4. The molecule has 0 saturated carbocycles. The molecule has 0 N–H and O–H groups in total. The van der Waals surface area contributed by atoms with Crippen LogP contribution in [0.1, 0.15) is 0 Å². The first-order valence-electron chi connectivity index (χ1n) is 17.4. The van der Waals surface area contributed by atoms with Gasteiger partial charge in [-0.3, -0.25) is 0 Å². The number of aromatic nitrogens is 1. The number of fused-ring (bicyclic) bond motifs is 11. The van der Waals surface area contributed by atoms with E-state index < -0.39 is 0 Å². The smallest absolute Gasteiger partial charge is 0.137 e. The number of rotatable bonds is 4. The molecule has 0 unspecified atom stereocenters. The van der Waals surface area contributed by atoms with Crippen LogP contribution in [-0.2, 0) is 0 Å². The summed E-state index contributed by atoms with van der Waals surface area (Å²) in [5.41, 5.74) is 8.50. The van der Waals surface area contributed by atoms with Gasteiger partial charge in [-0.1, -0.05) is 127 Å². The van der Waals surface area contributed by atoms with Crippen LogP contribution >= 0.6 is 0 Å².